The summed E-state index contributed by atoms with van der Waals surface area (Å²) in [7, 11) is 0. The van der Waals surface area contributed by atoms with Crippen molar-refractivity contribution in [3.05, 3.63) is 11.1 Å². The van der Waals surface area contributed by atoms with Gasteiger partial charge in [-0.3, -0.25) is 4.79 Å². The summed E-state index contributed by atoms with van der Waals surface area (Å²) in [6.45, 7) is 8.57. The number of hydrogen-bond acceptors (Lipinski definition) is 2. The van der Waals surface area contributed by atoms with Crippen LogP contribution in [0.2, 0.25) is 0 Å². The predicted molar refractivity (Wildman–Crippen MR) is 72.2 cm³/mol. The molecule has 2 nitrogen and oxygen atoms in total. The molecule has 1 saturated carbocycles. The van der Waals surface area contributed by atoms with Crippen LogP contribution in [-0.2, 0) is 9.59 Å². The minimum absolute atomic E-state index is 0.127. The van der Waals surface area contributed by atoms with Gasteiger partial charge in [0.25, 0.3) is 0 Å². The molecule has 100 valence electrons. The first-order chi connectivity index (χ1) is 8.31. The zero-order chi connectivity index (χ0) is 13.6. The highest BCUT2D eigenvalue weighted by atomic mass is 16.1. The van der Waals surface area contributed by atoms with Crippen LogP contribution in [-0.4, -0.2) is 12.1 Å². The van der Waals surface area contributed by atoms with Gasteiger partial charge in [-0.25, -0.2) is 0 Å². The van der Waals surface area contributed by atoms with Gasteiger partial charge in [0.2, 0.25) is 0 Å². The Bertz CT molecular complexity index is 417. The molecule has 18 heavy (non-hydrogen) atoms. The Morgan fingerprint density at radius 3 is 2.50 bits per heavy atom. The van der Waals surface area contributed by atoms with Crippen LogP contribution in [0.5, 0.6) is 0 Å². The number of aldehydes is 1. The van der Waals surface area contributed by atoms with E-state index in [1.165, 1.54) is 11.1 Å². The summed E-state index contributed by atoms with van der Waals surface area (Å²) >= 11 is 0. The van der Waals surface area contributed by atoms with Gasteiger partial charge in [-0.1, -0.05) is 25.0 Å². The molecule has 1 fully saturated rings. The molecule has 2 bridgehead atoms. The maximum Gasteiger partial charge on any atom is 0.146 e. The van der Waals surface area contributed by atoms with Crippen LogP contribution in [0.3, 0.4) is 0 Å². The Labute approximate surface area is 110 Å². The van der Waals surface area contributed by atoms with Crippen molar-refractivity contribution in [2.45, 2.75) is 59.8 Å². The summed E-state index contributed by atoms with van der Waals surface area (Å²) in [4.78, 5) is 23.6. The lowest BCUT2D eigenvalue weighted by Gasteiger charge is -2.45. The maximum atomic E-state index is 12.3. The third-order valence-electron chi connectivity index (χ3n) is 5.40. The van der Waals surface area contributed by atoms with E-state index < -0.39 is 5.41 Å². The molecule has 2 rings (SSSR count). The molecule has 2 atom stereocenters. The Balaban J connectivity index is 2.42. The minimum atomic E-state index is -0.752. The number of Topliss-reactive ketones (excluding diaryl/α,β-unsaturated/α-hetero) is 1. The van der Waals surface area contributed by atoms with Crippen LogP contribution in [0.25, 0.3) is 0 Å². The molecule has 0 unspecified atom stereocenters. The van der Waals surface area contributed by atoms with Crippen molar-refractivity contribution >= 4 is 12.1 Å². The molecule has 0 amide bonds. The van der Waals surface area contributed by atoms with E-state index in [9.17, 15) is 9.59 Å². The molecule has 0 aromatic carbocycles. The van der Waals surface area contributed by atoms with Crippen LogP contribution >= 0.6 is 0 Å². The second kappa shape index (κ2) is 4.32. The number of fused-ring (bicyclic) bond motifs is 2. The van der Waals surface area contributed by atoms with Gasteiger partial charge in [-0.2, -0.15) is 0 Å². The molecular formula is C16H24O2. The minimum Gasteiger partial charge on any atom is -0.302 e. The number of rotatable bonds is 1. The molecule has 0 saturated heterocycles. The van der Waals surface area contributed by atoms with E-state index in [0.29, 0.717) is 18.8 Å². The number of ketones is 1. The number of allylic oxidation sites excluding steroid dienone is 2. The Morgan fingerprint density at radius 1 is 1.22 bits per heavy atom. The SMILES string of the molecule is CC1=C2CC[C@](C)(C=O)C(=O)C[C@H](CC1)C2(C)C. The second-order valence-corrected chi connectivity index (χ2v) is 6.88. The molecule has 2 aliphatic carbocycles. The maximum absolute atomic E-state index is 12.3. The first-order valence-electron chi connectivity index (χ1n) is 7.00. The Kier molecular flexibility index (Phi) is 3.25. The summed E-state index contributed by atoms with van der Waals surface area (Å²) in [6, 6.07) is 0. The topological polar surface area (TPSA) is 34.1 Å². The van der Waals surface area contributed by atoms with Crippen molar-refractivity contribution in [2.24, 2.45) is 16.7 Å². The molecule has 0 aromatic rings. The van der Waals surface area contributed by atoms with Crippen molar-refractivity contribution in [1.29, 1.82) is 0 Å². The number of carbonyl (C=O) groups is 2. The quantitative estimate of drug-likeness (QED) is 0.403. The van der Waals surface area contributed by atoms with Crippen molar-refractivity contribution < 1.29 is 9.59 Å². The van der Waals surface area contributed by atoms with E-state index >= 15 is 0 Å². The fourth-order valence-corrected chi connectivity index (χ4v) is 3.70. The first kappa shape index (κ1) is 13.5. The van der Waals surface area contributed by atoms with Gasteiger partial charge >= 0.3 is 0 Å². The third-order valence-corrected chi connectivity index (χ3v) is 5.40. The van der Waals surface area contributed by atoms with E-state index in [1.54, 1.807) is 0 Å². The molecule has 0 heterocycles. The highest BCUT2D eigenvalue weighted by molar-refractivity contribution is 5.98. The lowest BCUT2D eigenvalue weighted by Crippen LogP contribution is -2.40. The van der Waals surface area contributed by atoms with Crippen LogP contribution in [0, 0.1) is 16.7 Å². The van der Waals surface area contributed by atoms with Gasteiger partial charge in [-0.05, 0) is 50.9 Å². The summed E-state index contributed by atoms with van der Waals surface area (Å²) in [6.07, 6.45) is 5.23. The molecule has 0 radical (unpaired) electrons. The van der Waals surface area contributed by atoms with Gasteiger partial charge in [0, 0.05) is 6.42 Å². The normalized spacial score (nSPS) is 36.0. The van der Waals surface area contributed by atoms with E-state index in [1.807, 2.05) is 6.92 Å². The van der Waals surface area contributed by atoms with Gasteiger partial charge in [0.05, 0.1) is 5.41 Å². The third kappa shape index (κ3) is 1.96. The van der Waals surface area contributed by atoms with Crippen LogP contribution in [0.1, 0.15) is 59.8 Å². The number of hydrogen-bond donors (Lipinski definition) is 0. The largest absolute Gasteiger partial charge is 0.302 e. The fraction of sp³-hybridized carbons (Fsp3) is 0.750. The monoisotopic (exact) mass is 248 g/mol. The summed E-state index contributed by atoms with van der Waals surface area (Å²) in [5, 5.41) is 0. The van der Waals surface area contributed by atoms with Gasteiger partial charge < -0.3 is 4.79 Å². The summed E-state index contributed by atoms with van der Waals surface area (Å²) in [5.41, 5.74) is 2.36. The number of carbonyl (C=O) groups excluding carboxylic acids is 2. The van der Waals surface area contributed by atoms with Crippen LogP contribution in [0.15, 0.2) is 11.1 Å². The van der Waals surface area contributed by atoms with E-state index in [0.717, 1.165) is 25.5 Å². The van der Waals surface area contributed by atoms with Gasteiger partial charge in [0.1, 0.15) is 12.1 Å². The smallest absolute Gasteiger partial charge is 0.146 e. The predicted octanol–water partition coefficient (Wildman–Crippen LogP) is 3.70. The van der Waals surface area contributed by atoms with Crippen LogP contribution in [0.4, 0.5) is 0 Å². The van der Waals surface area contributed by atoms with Crippen molar-refractivity contribution in [2.75, 3.05) is 0 Å². The molecule has 2 heteroatoms. The zero-order valence-corrected chi connectivity index (χ0v) is 12.0. The Morgan fingerprint density at radius 2 is 1.89 bits per heavy atom. The zero-order valence-electron chi connectivity index (χ0n) is 12.0. The van der Waals surface area contributed by atoms with E-state index in [-0.39, 0.29) is 11.2 Å². The van der Waals surface area contributed by atoms with E-state index in [2.05, 4.69) is 20.8 Å². The molecular weight excluding hydrogens is 224 g/mol. The van der Waals surface area contributed by atoms with Crippen molar-refractivity contribution in [1.82, 2.24) is 0 Å². The van der Waals surface area contributed by atoms with Crippen molar-refractivity contribution in [3.63, 3.8) is 0 Å². The van der Waals surface area contributed by atoms with Crippen LogP contribution < -0.4 is 0 Å². The molecule has 0 spiro atoms. The Hall–Kier alpha value is -0.920. The first-order valence-corrected chi connectivity index (χ1v) is 7.00. The summed E-state index contributed by atoms with van der Waals surface area (Å²) < 4.78 is 0. The van der Waals surface area contributed by atoms with Gasteiger partial charge in [0.15, 0.2) is 0 Å². The average molecular weight is 248 g/mol. The van der Waals surface area contributed by atoms with E-state index in [4.69, 9.17) is 0 Å². The lowest BCUT2D eigenvalue weighted by molar-refractivity contribution is -0.136. The highest BCUT2D eigenvalue weighted by Gasteiger charge is 2.44. The lowest BCUT2D eigenvalue weighted by atomic mass is 9.59. The molecule has 2 aliphatic rings. The fourth-order valence-electron chi connectivity index (χ4n) is 3.70. The molecule has 0 N–H and O–H groups in total. The second-order valence-electron chi connectivity index (χ2n) is 6.88. The molecule has 0 aromatic heterocycles. The van der Waals surface area contributed by atoms with Gasteiger partial charge in [-0.15, -0.1) is 0 Å². The van der Waals surface area contributed by atoms with Crippen molar-refractivity contribution in [3.8, 4) is 0 Å². The summed E-state index contributed by atoms with van der Waals surface area (Å²) in [5.74, 6) is 0.553. The molecule has 0 aliphatic heterocycles. The highest BCUT2D eigenvalue weighted by Crippen LogP contribution is 2.51. The average Bonchev–Trinajstić information content (AvgIpc) is 2.31. The standard InChI is InChI=1S/C16H24O2/c1-11-5-6-12-9-14(18)16(4,10-17)8-7-13(11)15(12,2)3/h10,12H,5-9H2,1-4H3/t12-,16+/m0/s1.